The summed E-state index contributed by atoms with van der Waals surface area (Å²) in [5, 5.41) is 8.71. The van der Waals surface area contributed by atoms with Gasteiger partial charge in [0.2, 0.25) is 0 Å². The molecule has 3 heteroatoms. The van der Waals surface area contributed by atoms with E-state index in [1.165, 1.54) is 0 Å². The summed E-state index contributed by atoms with van der Waals surface area (Å²) in [4.78, 5) is 0. The van der Waals surface area contributed by atoms with E-state index in [9.17, 15) is 0 Å². The van der Waals surface area contributed by atoms with E-state index in [1.54, 1.807) is 31.4 Å². The van der Waals surface area contributed by atoms with Crippen LogP contribution in [0.1, 0.15) is 11.1 Å². The third kappa shape index (κ3) is 3.09. The van der Waals surface area contributed by atoms with Crippen LogP contribution in [0.3, 0.4) is 0 Å². The van der Waals surface area contributed by atoms with Gasteiger partial charge in [0.15, 0.2) is 0 Å². The van der Waals surface area contributed by atoms with Crippen molar-refractivity contribution in [2.75, 3.05) is 7.11 Å². The quantitative estimate of drug-likeness (QED) is 0.820. The van der Waals surface area contributed by atoms with Crippen LogP contribution < -0.4 is 4.74 Å². The predicted molar refractivity (Wildman–Crippen MR) is 68.4 cm³/mol. The monoisotopic (exact) mass is 239 g/mol. The van der Waals surface area contributed by atoms with Crippen molar-refractivity contribution in [2.24, 2.45) is 0 Å². The summed E-state index contributed by atoms with van der Waals surface area (Å²) < 4.78 is 10.8. The second kappa shape index (κ2) is 5.85. The van der Waals surface area contributed by atoms with Gasteiger partial charge in [-0.15, -0.1) is 0 Å². The Bertz CT molecular complexity index is 555. The lowest BCUT2D eigenvalue weighted by atomic mass is 10.2. The molecule has 2 aromatic rings. The van der Waals surface area contributed by atoms with Crippen LogP contribution in [0, 0.1) is 11.3 Å². The minimum absolute atomic E-state index is 0.560. The second-order valence-corrected chi connectivity index (χ2v) is 3.82. The molecule has 0 aliphatic rings. The first-order valence-electron chi connectivity index (χ1n) is 5.58. The topological polar surface area (TPSA) is 42.2 Å². The van der Waals surface area contributed by atoms with Crippen molar-refractivity contribution in [3.63, 3.8) is 0 Å². The average molecular weight is 239 g/mol. The molecular formula is C15H13NO2. The largest absolute Gasteiger partial charge is 0.457 e. The van der Waals surface area contributed by atoms with Crippen molar-refractivity contribution in [3.05, 3.63) is 59.7 Å². The average Bonchev–Trinajstić information content (AvgIpc) is 2.40. The van der Waals surface area contributed by atoms with E-state index >= 15 is 0 Å². The fourth-order valence-electron chi connectivity index (χ4n) is 1.60. The molecule has 0 fully saturated rings. The molecule has 0 aliphatic carbocycles. The number of nitriles is 1. The number of benzene rings is 2. The number of hydrogen-bond donors (Lipinski definition) is 0. The highest BCUT2D eigenvalue weighted by Gasteiger charge is 1.99. The lowest BCUT2D eigenvalue weighted by Gasteiger charge is -2.07. The zero-order valence-corrected chi connectivity index (χ0v) is 10.1. The van der Waals surface area contributed by atoms with E-state index < -0.39 is 0 Å². The smallest absolute Gasteiger partial charge is 0.127 e. The van der Waals surface area contributed by atoms with Crippen LogP contribution in [-0.4, -0.2) is 7.11 Å². The maximum atomic E-state index is 8.71. The summed E-state index contributed by atoms with van der Waals surface area (Å²) in [6.45, 7) is 0.560. The number of methoxy groups -OCH3 is 1. The Hall–Kier alpha value is -2.31. The van der Waals surface area contributed by atoms with Crippen LogP contribution in [0.4, 0.5) is 0 Å². The molecule has 0 unspecified atom stereocenters. The fourth-order valence-corrected chi connectivity index (χ4v) is 1.60. The van der Waals surface area contributed by atoms with Crippen molar-refractivity contribution in [2.45, 2.75) is 6.61 Å². The lowest BCUT2D eigenvalue weighted by Crippen LogP contribution is -1.89. The SMILES string of the molecule is COCc1cccc(Oc2ccc(C#N)cc2)c1. The third-order valence-electron chi connectivity index (χ3n) is 2.43. The first-order chi connectivity index (χ1) is 8.81. The third-order valence-corrected chi connectivity index (χ3v) is 2.43. The Morgan fingerprint density at radius 2 is 1.83 bits per heavy atom. The molecule has 0 saturated heterocycles. The van der Waals surface area contributed by atoms with Crippen LogP contribution in [0.2, 0.25) is 0 Å². The van der Waals surface area contributed by atoms with Crippen molar-refractivity contribution >= 4 is 0 Å². The zero-order valence-electron chi connectivity index (χ0n) is 10.1. The lowest BCUT2D eigenvalue weighted by molar-refractivity contribution is 0.184. The van der Waals surface area contributed by atoms with Gasteiger partial charge in [-0.2, -0.15) is 5.26 Å². The molecule has 0 atom stereocenters. The molecule has 0 saturated carbocycles. The zero-order chi connectivity index (χ0) is 12.8. The Morgan fingerprint density at radius 3 is 2.50 bits per heavy atom. The fraction of sp³-hybridized carbons (Fsp3) is 0.133. The summed E-state index contributed by atoms with van der Waals surface area (Å²) in [6, 6.07) is 16.8. The normalized spacial score (nSPS) is 9.78. The molecule has 0 amide bonds. The van der Waals surface area contributed by atoms with Crippen molar-refractivity contribution in [1.82, 2.24) is 0 Å². The van der Waals surface area contributed by atoms with Gasteiger partial charge in [0, 0.05) is 7.11 Å². The highest BCUT2D eigenvalue weighted by atomic mass is 16.5. The van der Waals surface area contributed by atoms with Crippen molar-refractivity contribution < 1.29 is 9.47 Å². The summed E-state index contributed by atoms with van der Waals surface area (Å²) in [5.74, 6) is 1.47. The van der Waals surface area contributed by atoms with Crippen molar-refractivity contribution in [3.8, 4) is 17.6 Å². The molecule has 0 spiro atoms. The maximum absolute atomic E-state index is 8.71. The Morgan fingerprint density at radius 1 is 1.06 bits per heavy atom. The molecule has 0 heterocycles. The Labute approximate surface area is 106 Å². The van der Waals surface area contributed by atoms with Gasteiger partial charge in [0.05, 0.1) is 18.2 Å². The first-order valence-corrected chi connectivity index (χ1v) is 5.58. The summed E-state index contributed by atoms with van der Waals surface area (Å²) in [5.41, 5.74) is 1.68. The molecule has 0 N–H and O–H groups in total. The molecule has 2 aromatic carbocycles. The van der Waals surface area contributed by atoms with E-state index in [0.717, 1.165) is 11.3 Å². The molecule has 0 bridgehead atoms. The molecule has 2 rings (SSSR count). The van der Waals surface area contributed by atoms with E-state index in [4.69, 9.17) is 14.7 Å². The van der Waals surface area contributed by atoms with Gasteiger partial charge in [-0.25, -0.2) is 0 Å². The molecule has 90 valence electrons. The maximum Gasteiger partial charge on any atom is 0.127 e. The molecule has 0 aliphatic heterocycles. The van der Waals surface area contributed by atoms with Crippen LogP contribution >= 0.6 is 0 Å². The van der Waals surface area contributed by atoms with E-state index in [-0.39, 0.29) is 0 Å². The standard InChI is InChI=1S/C15H13NO2/c1-17-11-13-3-2-4-15(9-13)18-14-7-5-12(10-16)6-8-14/h2-9H,11H2,1H3. The minimum Gasteiger partial charge on any atom is -0.457 e. The predicted octanol–water partition coefficient (Wildman–Crippen LogP) is 3.50. The molecule has 0 aromatic heterocycles. The Kier molecular flexibility index (Phi) is 3.95. The van der Waals surface area contributed by atoms with Gasteiger partial charge in [0.1, 0.15) is 11.5 Å². The van der Waals surface area contributed by atoms with E-state index in [1.807, 2.05) is 24.3 Å². The van der Waals surface area contributed by atoms with Gasteiger partial charge in [-0.3, -0.25) is 0 Å². The Balaban J connectivity index is 2.12. The second-order valence-electron chi connectivity index (χ2n) is 3.82. The van der Waals surface area contributed by atoms with Crippen LogP contribution in [-0.2, 0) is 11.3 Å². The van der Waals surface area contributed by atoms with Gasteiger partial charge in [0.25, 0.3) is 0 Å². The van der Waals surface area contributed by atoms with Crippen LogP contribution in [0.15, 0.2) is 48.5 Å². The van der Waals surface area contributed by atoms with Crippen LogP contribution in [0.5, 0.6) is 11.5 Å². The van der Waals surface area contributed by atoms with E-state index in [2.05, 4.69) is 6.07 Å². The summed E-state index contributed by atoms with van der Waals surface area (Å²) >= 11 is 0. The van der Waals surface area contributed by atoms with Crippen LogP contribution in [0.25, 0.3) is 0 Å². The number of rotatable bonds is 4. The highest BCUT2D eigenvalue weighted by Crippen LogP contribution is 2.22. The molecular weight excluding hydrogens is 226 g/mol. The number of ether oxygens (including phenoxy) is 2. The minimum atomic E-state index is 0.560. The first kappa shape index (κ1) is 12.2. The molecule has 3 nitrogen and oxygen atoms in total. The van der Waals surface area contributed by atoms with E-state index in [0.29, 0.717) is 17.9 Å². The summed E-state index contributed by atoms with van der Waals surface area (Å²) in [6.07, 6.45) is 0. The number of nitrogens with zero attached hydrogens (tertiary/aromatic N) is 1. The van der Waals surface area contributed by atoms with Gasteiger partial charge < -0.3 is 9.47 Å². The van der Waals surface area contributed by atoms with Gasteiger partial charge >= 0.3 is 0 Å². The van der Waals surface area contributed by atoms with Gasteiger partial charge in [-0.05, 0) is 42.0 Å². The molecule has 18 heavy (non-hydrogen) atoms. The summed E-state index contributed by atoms with van der Waals surface area (Å²) in [7, 11) is 1.66. The molecule has 0 radical (unpaired) electrons. The number of hydrogen-bond acceptors (Lipinski definition) is 3. The van der Waals surface area contributed by atoms with Gasteiger partial charge in [-0.1, -0.05) is 12.1 Å². The van der Waals surface area contributed by atoms with Crippen molar-refractivity contribution in [1.29, 1.82) is 5.26 Å². The highest BCUT2D eigenvalue weighted by molar-refractivity contribution is 5.38.